The number of aryl methyl sites for hydroxylation is 1. The van der Waals surface area contributed by atoms with Crippen LogP contribution in [0.3, 0.4) is 0 Å². The van der Waals surface area contributed by atoms with Crippen LogP contribution < -0.4 is 9.64 Å². The second-order valence-corrected chi connectivity index (χ2v) is 10.6. The molecule has 196 valence electrons. The quantitative estimate of drug-likeness (QED) is 0.589. The van der Waals surface area contributed by atoms with Crippen molar-refractivity contribution in [2.24, 2.45) is 5.41 Å². The van der Waals surface area contributed by atoms with Crippen LogP contribution in [-0.2, 0) is 16.0 Å². The van der Waals surface area contributed by atoms with E-state index >= 15 is 0 Å². The Balaban J connectivity index is 1.10. The number of rotatable bonds is 6. The summed E-state index contributed by atoms with van der Waals surface area (Å²) >= 11 is 0. The molecule has 7 heteroatoms. The van der Waals surface area contributed by atoms with E-state index in [1.807, 2.05) is 64.1 Å². The third kappa shape index (κ3) is 5.50. The van der Waals surface area contributed by atoms with Crippen molar-refractivity contribution in [3.8, 4) is 5.75 Å². The number of fused-ring (bicyclic) bond motifs is 1. The van der Waals surface area contributed by atoms with E-state index < -0.39 is 0 Å². The van der Waals surface area contributed by atoms with Crippen molar-refractivity contribution >= 4 is 23.4 Å². The first-order chi connectivity index (χ1) is 18.0. The Morgan fingerprint density at radius 3 is 2.24 bits per heavy atom. The highest BCUT2D eigenvalue weighted by Crippen LogP contribution is 2.41. The minimum absolute atomic E-state index is 0.0375. The number of amides is 3. The standard InChI is InChI=1S/C30H37N3O4/c1-2-37-25-11-9-24(10-12-25)29(36)31-19-15-30(16-20-31)17-21-32(22-30)27(34)13-14-28(35)33-18-5-7-23-6-3-4-8-26(23)33/h3-4,6,8-12H,2,5,7,13-22H2,1H3. The van der Waals surface area contributed by atoms with Crippen LogP contribution >= 0.6 is 0 Å². The Hall–Kier alpha value is -3.35. The number of carbonyl (C=O) groups excluding carboxylic acids is 3. The molecular weight excluding hydrogens is 466 g/mol. The Morgan fingerprint density at radius 2 is 1.51 bits per heavy atom. The number of para-hydroxylation sites is 1. The van der Waals surface area contributed by atoms with E-state index in [1.165, 1.54) is 5.56 Å². The lowest BCUT2D eigenvalue weighted by molar-refractivity contribution is -0.132. The van der Waals surface area contributed by atoms with Crippen LogP contribution in [0.5, 0.6) is 5.75 Å². The van der Waals surface area contributed by atoms with Crippen molar-refractivity contribution in [2.45, 2.75) is 51.9 Å². The van der Waals surface area contributed by atoms with E-state index in [9.17, 15) is 14.4 Å². The smallest absolute Gasteiger partial charge is 0.253 e. The van der Waals surface area contributed by atoms with Crippen LogP contribution in [0, 0.1) is 5.41 Å². The predicted octanol–water partition coefficient (Wildman–Crippen LogP) is 4.30. The Morgan fingerprint density at radius 1 is 0.838 bits per heavy atom. The van der Waals surface area contributed by atoms with Crippen molar-refractivity contribution in [2.75, 3.05) is 44.2 Å². The highest BCUT2D eigenvalue weighted by atomic mass is 16.5. The van der Waals surface area contributed by atoms with E-state index in [4.69, 9.17) is 4.74 Å². The van der Waals surface area contributed by atoms with Crippen LogP contribution in [0.25, 0.3) is 0 Å². The van der Waals surface area contributed by atoms with Gasteiger partial charge in [-0.3, -0.25) is 14.4 Å². The molecule has 2 aromatic carbocycles. The van der Waals surface area contributed by atoms with Crippen molar-refractivity contribution in [3.63, 3.8) is 0 Å². The summed E-state index contributed by atoms with van der Waals surface area (Å²) in [4.78, 5) is 44.7. The van der Waals surface area contributed by atoms with Crippen LogP contribution in [0.15, 0.2) is 48.5 Å². The summed E-state index contributed by atoms with van der Waals surface area (Å²) in [6, 6.07) is 15.4. The number of nitrogens with zero attached hydrogens (tertiary/aromatic N) is 3. The summed E-state index contributed by atoms with van der Waals surface area (Å²) in [5, 5.41) is 0. The Labute approximate surface area is 219 Å². The first-order valence-corrected chi connectivity index (χ1v) is 13.7. The normalized spacial score (nSPS) is 18.6. The number of ether oxygens (including phenoxy) is 1. The van der Waals surface area contributed by atoms with Crippen LogP contribution in [0.4, 0.5) is 5.69 Å². The van der Waals surface area contributed by atoms with Crippen molar-refractivity contribution in [1.82, 2.24) is 9.80 Å². The van der Waals surface area contributed by atoms with Gasteiger partial charge >= 0.3 is 0 Å². The van der Waals surface area contributed by atoms with Gasteiger partial charge in [0.2, 0.25) is 11.8 Å². The molecule has 0 radical (unpaired) electrons. The number of anilines is 1. The molecule has 0 aromatic heterocycles. The second kappa shape index (κ2) is 11.0. The molecule has 7 nitrogen and oxygen atoms in total. The van der Waals surface area contributed by atoms with Gasteiger partial charge in [-0.15, -0.1) is 0 Å². The molecule has 5 rings (SSSR count). The molecule has 0 atom stereocenters. The van der Waals surface area contributed by atoms with Gasteiger partial charge in [-0.1, -0.05) is 18.2 Å². The van der Waals surface area contributed by atoms with Gasteiger partial charge in [0, 0.05) is 56.8 Å². The Bertz CT molecular complexity index is 1140. The fraction of sp³-hybridized carbons (Fsp3) is 0.500. The van der Waals surface area contributed by atoms with E-state index in [-0.39, 0.29) is 36.0 Å². The number of hydrogen-bond donors (Lipinski definition) is 0. The van der Waals surface area contributed by atoms with Crippen molar-refractivity contribution in [3.05, 3.63) is 59.7 Å². The highest BCUT2D eigenvalue weighted by Gasteiger charge is 2.42. The van der Waals surface area contributed by atoms with E-state index in [0.29, 0.717) is 25.3 Å². The molecule has 3 heterocycles. The summed E-state index contributed by atoms with van der Waals surface area (Å²) in [5.74, 6) is 0.940. The highest BCUT2D eigenvalue weighted by molar-refractivity contribution is 5.96. The van der Waals surface area contributed by atoms with Gasteiger partial charge in [-0.05, 0) is 80.3 Å². The molecular formula is C30H37N3O4. The zero-order valence-electron chi connectivity index (χ0n) is 21.8. The third-order valence-electron chi connectivity index (χ3n) is 8.28. The van der Waals surface area contributed by atoms with Gasteiger partial charge in [0.05, 0.1) is 6.61 Å². The lowest BCUT2D eigenvalue weighted by Gasteiger charge is -2.39. The van der Waals surface area contributed by atoms with Crippen LogP contribution in [0.1, 0.15) is 61.4 Å². The zero-order chi connectivity index (χ0) is 25.8. The van der Waals surface area contributed by atoms with E-state index in [2.05, 4.69) is 6.07 Å². The number of likely N-dealkylation sites (tertiary alicyclic amines) is 2. The molecule has 0 N–H and O–H groups in total. The van der Waals surface area contributed by atoms with Gasteiger partial charge < -0.3 is 19.4 Å². The van der Waals surface area contributed by atoms with Gasteiger partial charge in [-0.2, -0.15) is 0 Å². The molecule has 3 amide bonds. The number of carbonyl (C=O) groups is 3. The fourth-order valence-electron chi connectivity index (χ4n) is 6.08. The fourth-order valence-corrected chi connectivity index (χ4v) is 6.08. The average Bonchev–Trinajstić information content (AvgIpc) is 3.35. The van der Waals surface area contributed by atoms with Crippen LogP contribution in [0.2, 0.25) is 0 Å². The molecule has 0 aliphatic carbocycles. The third-order valence-corrected chi connectivity index (χ3v) is 8.28. The molecule has 2 fully saturated rings. The molecule has 0 unspecified atom stereocenters. The predicted molar refractivity (Wildman–Crippen MR) is 143 cm³/mol. The van der Waals surface area contributed by atoms with Gasteiger partial charge in [0.25, 0.3) is 5.91 Å². The maximum Gasteiger partial charge on any atom is 0.253 e. The molecule has 1 spiro atoms. The molecule has 37 heavy (non-hydrogen) atoms. The number of benzene rings is 2. The minimum atomic E-state index is 0.0375. The maximum absolute atomic E-state index is 13.0. The topological polar surface area (TPSA) is 70.2 Å². The van der Waals surface area contributed by atoms with Gasteiger partial charge in [0.15, 0.2) is 0 Å². The summed E-state index contributed by atoms with van der Waals surface area (Å²) in [7, 11) is 0. The van der Waals surface area contributed by atoms with Gasteiger partial charge in [0.1, 0.15) is 5.75 Å². The summed E-state index contributed by atoms with van der Waals surface area (Å²) in [6.45, 7) is 6.16. The number of piperidine rings is 1. The molecule has 0 saturated carbocycles. The first kappa shape index (κ1) is 25.3. The lowest BCUT2D eigenvalue weighted by atomic mass is 9.77. The largest absolute Gasteiger partial charge is 0.494 e. The zero-order valence-corrected chi connectivity index (χ0v) is 21.8. The minimum Gasteiger partial charge on any atom is -0.494 e. The molecule has 0 bridgehead atoms. The van der Waals surface area contributed by atoms with E-state index in [0.717, 1.165) is 63.2 Å². The summed E-state index contributed by atoms with van der Waals surface area (Å²) in [6.07, 6.45) is 5.25. The van der Waals surface area contributed by atoms with Gasteiger partial charge in [-0.25, -0.2) is 0 Å². The SMILES string of the molecule is CCOc1ccc(C(=O)N2CCC3(CCN(C(=O)CCC(=O)N4CCCc5ccccc54)C3)CC2)cc1. The number of hydrogen-bond acceptors (Lipinski definition) is 4. The Kier molecular flexibility index (Phi) is 7.49. The van der Waals surface area contributed by atoms with Crippen LogP contribution in [-0.4, -0.2) is 66.9 Å². The van der Waals surface area contributed by atoms with E-state index in [1.54, 1.807) is 0 Å². The maximum atomic E-state index is 13.0. The molecule has 3 aliphatic heterocycles. The average molecular weight is 504 g/mol. The van der Waals surface area contributed by atoms with Crippen molar-refractivity contribution in [1.29, 1.82) is 0 Å². The first-order valence-electron chi connectivity index (χ1n) is 13.7. The van der Waals surface area contributed by atoms with Crippen molar-refractivity contribution < 1.29 is 19.1 Å². The monoisotopic (exact) mass is 503 g/mol. The molecule has 2 aromatic rings. The second-order valence-electron chi connectivity index (χ2n) is 10.6. The molecule has 3 aliphatic rings. The summed E-state index contributed by atoms with van der Waals surface area (Å²) in [5.41, 5.74) is 2.98. The molecule has 2 saturated heterocycles. The summed E-state index contributed by atoms with van der Waals surface area (Å²) < 4.78 is 5.48. The lowest BCUT2D eigenvalue weighted by Crippen LogP contribution is -2.44.